The van der Waals surface area contributed by atoms with Crippen LogP contribution in [-0.4, -0.2) is 22.0 Å². The van der Waals surface area contributed by atoms with Gasteiger partial charge in [-0.25, -0.2) is 0 Å². The first-order chi connectivity index (χ1) is 17.5. The topological polar surface area (TPSA) is 72.7 Å². The van der Waals surface area contributed by atoms with Crippen molar-refractivity contribution in [3.8, 4) is 22.9 Å². The molecule has 3 aromatic carbocycles. The van der Waals surface area contributed by atoms with Crippen LogP contribution < -0.4 is 19.7 Å². The summed E-state index contributed by atoms with van der Waals surface area (Å²) < 4.78 is 17.0. The van der Waals surface area contributed by atoms with E-state index in [0.29, 0.717) is 28.3 Å². The van der Waals surface area contributed by atoms with E-state index in [0.717, 1.165) is 28.1 Å². The highest BCUT2D eigenvalue weighted by molar-refractivity contribution is 7.80. The maximum atomic E-state index is 5.88. The van der Waals surface area contributed by atoms with Crippen molar-refractivity contribution in [1.82, 2.24) is 15.5 Å². The average Bonchev–Trinajstić information content (AvgIpc) is 3.56. The molecule has 3 heterocycles. The monoisotopic (exact) mass is 496 g/mol. The molecule has 0 saturated carbocycles. The van der Waals surface area contributed by atoms with Crippen molar-refractivity contribution in [3.63, 3.8) is 0 Å². The molecule has 0 saturated heterocycles. The zero-order valence-electron chi connectivity index (χ0n) is 20.1. The molecule has 180 valence electrons. The molecule has 0 radical (unpaired) electrons. The predicted octanol–water partition coefficient (Wildman–Crippen LogP) is 5.95. The van der Waals surface area contributed by atoms with Crippen LogP contribution in [0.3, 0.4) is 0 Å². The second kappa shape index (κ2) is 8.80. The zero-order valence-corrected chi connectivity index (χ0v) is 20.9. The van der Waals surface area contributed by atoms with Crippen LogP contribution in [0.4, 0.5) is 5.69 Å². The van der Waals surface area contributed by atoms with E-state index in [9.17, 15) is 0 Å². The van der Waals surface area contributed by atoms with Gasteiger partial charge in [0, 0.05) is 17.3 Å². The van der Waals surface area contributed by atoms with Gasteiger partial charge in [0.25, 0.3) is 5.89 Å². The maximum absolute atomic E-state index is 5.88. The number of aryl methyl sites for hydroxylation is 2. The number of hydrogen-bond donors (Lipinski definition) is 1. The molecule has 2 aliphatic rings. The average molecular weight is 497 g/mol. The molecule has 1 atom stereocenters. The van der Waals surface area contributed by atoms with Gasteiger partial charge in [-0.1, -0.05) is 53.7 Å². The van der Waals surface area contributed by atoms with Gasteiger partial charge >= 0.3 is 0 Å². The third-order valence-corrected chi connectivity index (χ3v) is 6.95. The van der Waals surface area contributed by atoms with Gasteiger partial charge < -0.3 is 19.3 Å². The van der Waals surface area contributed by atoms with Gasteiger partial charge in [0.1, 0.15) is 0 Å². The Hall–Kier alpha value is -4.17. The lowest BCUT2D eigenvalue weighted by Gasteiger charge is -2.37. The molecule has 1 unspecified atom stereocenters. The Morgan fingerprint density at radius 3 is 2.53 bits per heavy atom. The van der Waals surface area contributed by atoms with Gasteiger partial charge in [-0.15, -0.1) is 0 Å². The van der Waals surface area contributed by atoms with Crippen LogP contribution in [0, 0.1) is 13.8 Å². The van der Waals surface area contributed by atoms with E-state index in [2.05, 4.69) is 42.5 Å². The summed E-state index contributed by atoms with van der Waals surface area (Å²) in [6.45, 7) is 6.44. The third-order valence-electron chi connectivity index (χ3n) is 6.65. The Kier molecular flexibility index (Phi) is 5.45. The molecule has 6 rings (SSSR count). The van der Waals surface area contributed by atoms with E-state index < -0.39 is 0 Å². The number of benzene rings is 3. The SMILES string of the molecule is CC1=C(c2nc(-c3ccccc3)no2)C(c2ccc(C)c(C)c2)NC(=S)N1c1ccc2c(c1)OCO2. The fraction of sp³-hybridized carbons (Fsp3) is 0.179. The molecular weight excluding hydrogens is 472 g/mol. The lowest BCUT2D eigenvalue weighted by molar-refractivity contribution is 0.174. The first-order valence-electron chi connectivity index (χ1n) is 11.7. The molecule has 4 aromatic rings. The molecule has 0 spiro atoms. The number of aromatic nitrogens is 2. The van der Waals surface area contributed by atoms with Crippen LogP contribution in [0.5, 0.6) is 11.5 Å². The number of hydrogen-bond acceptors (Lipinski definition) is 6. The van der Waals surface area contributed by atoms with Crippen molar-refractivity contribution < 1.29 is 14.0 Å². The van der Waals surface area contributed by atoms with Crippen LogP contribution in [-0.2, 0) is 0 Å². The number of nitrogens with zero attached hydrogens (tertiary/aromatic N) is 3. The Morgan fingerprint density at radius 1 is 0.917 bits per heavy atom. The number of fused-ring (bicyclic) bond motifs is 1. The van der Waals surface area contributed by atoms with Crippen LogP contribution in [0.1, 0.15) is 35.5 Å². The Labute approximate surface area is 214 Å². The molecule has 0 fully saturated rings. The van der Waals surface area contributed by atoms with Crippen molar-refractivity contribution in [1.29, 1.82) is 0 Å². The van der Waals surface area contributed by atoms with E-state index in [1.807, 2.05) is 60.4 Å². The van der Waals surface area contributed by atoms with Gasteiger partial charge in [0.05, 0.1) is 17.3 Å². The fourth-order valence-corrected chi connectivity index (χ4v) is 4.95. The molecule has 1 aromatic heterocycles. The molecule has 36 heavy (non-hydrogen) atoms. The Balaban J connectivity index is 1.50. The van der Waals surface area contributed by atoms with Gasteiger partial charge in [-0.3, -0.25) is 4.90 Å². The van der Waals surface area contributed by atoms with Crippen molar-refractivity contribution in [2.45, 2.75) is 26.8 Å². The highest BCUT2D eigenvalue weighted by atomic mass is 32.1. The molecule has 7 nitrogen and oxygen atoms in total. The molecule has 8 heteroatoms. The molecule has 1 N–H and O–H groups in total. The van der Waals surface area contributed by atoms with E-state index in [1.54, 1.807) is 0 Å². The number of thiocarbonyl (C=S) groups is 1. The summed E-state index contributed by atoms with van der Waals surface area (Å²) >= 11 is 5.88. The molecule has 0 aliphatic carbocycles. The Morgan fingerprint density at radius 2 is 1.72 bits per heavy atom. The van der Waals surface area contributed by atoms with Crippen molar-refractivity contribution >= 4 is 28.6 Å². The summed E-state index contributed by atoms with van der Waals surface area (Å²) in [6, 6.07) is 21.7. The molecule has 0 bridgehead atoms. The third kappa shape index (κ3) is 3.79. The summed E-state index contributed by atoms with van der Waals surface area (Å²) in [4.78, 5) is 6.76. The standard InChI is InChI=1S/C28H24N4O3S/c1-16-9-10-20(13-17(16)2)25-24(27-30-26(31-35-27)19-7-5-4-6-8-19)18(3)32(28(36)29-25)21-11-12-22-23(14-21)34-15-33-22/h4-14,25H,15H2,1-3H3,(H,29,36). The van der Waals surface area contributed by atoms with Crippen LogP contribution in [0.15, 0.2) is 77.0 Å². The largest absolute Gasteiger partial charge is 0.454 e. The highest BCUT2D eigenvalue weighted by Crippen LogP contribution is 2.42. The summed E-state index contributed by atoms with van der Waals surface area (Å²) in [6.07, 6.45) is 0. The van der Waals surface area contributed by atoms with Gasteiger partial charge in [-0.2, -0.15) is 4.98 Å². The van der Waals surface area contributed by atoms with E-state index in [-0.39, 0.29) is 12.8 Å². The number of nitrogens with one attached hydrogen (secondary N) is 1. The van der Waals surface area contributed by atoms with E-state index in [1.165, 1.54) is 11.1 Å². The summed E-state index contributed by atoms with van der Waals surface area (Å²) in [5.41, 5.74) is 6.99. The number of rotatable bonds is 4. The van der Waals surface area contributed by atoms with E-state index in [4.69, 9.17) is 31.2 Å². The van der Waals surface area contributed by atoms with Crippen molar-refractivity contribution in [3.05, 3.63) is 95.0 Å². The molecule has 2 aliphatic heterocycles. The second-order valence-corrected chi connectivity index (χ2v) is 9.27. The quantitative estimate of drug-likeness (QED) is 0.348. The van der Waals surface area contributed by atoms with Crippen molar-refractivity contribution in [2.24, 2.45) is 0 Å². The summed E-state index contributed by atoms with van der Waals surface area (Å²) in [5, 5.41) is 8.38. The lowest BCUT2D eigenvalue weighted by atomic mass is 9.92. The second-order valence-electron chi connectivity index (χ2n) is 8.89. The van der Waals surface area contributed by atoms with Crippen LogP contribution in [0.25, 0.3) is 17.0 Å². The summed E-state index contributed by atoms with van der Waals surface area (Å²) in [7, 11) is 0. The number of anilines is 1. The highest BCUT2D eigenvalue weighted by Gasteiger charge is 2.35. The molecular formula is C28H24N4O3S. The summed E-state index contributed by atoms with van der Waals surface area (Å²) in [5.74, 6) is 2.38. The van der Waals surface area contributed by atoms with Gasteiger partial charge in [0.2, 0.25) is 12.6 Å². The molecule has 0 amide bonds. The number of ether oxygens (including phenoxy) is 2. The first-order valence-corrected chi connectivity index (χ1v) is 12.1. The number of allylic oxidation sites excluding steroid dienone is 1. The van der Waals surface area contributed by atoms with E-state index >= 15 is 0 Å². The normalized spacial score (nSPS) is 16.9. The van der Waals surface area contributed by atoms with Gasteiger partial charge in [-0.05, 0) is 61.8 Å². The fourth-order valence-electron chi connectivity index (χ4n) is 4.59. The zero-order chi connectivity index (χ0) is 24.8. The minimum absolute atomic E-state index is 0.209. The van der Waals surface area contributed by atoms with Crippen molar-refractivity contribution in [2.75, 3.05) is 11.7 Å². The Bertz CT molecular complexity index is 1510. The van der Waals surface area contributed by atoms with Crippen LogP contribution >= 0.6 is 12.2 Å². The minimum atomic E-state index is -0.258. The maximum Gasteiger partial charge on any atom is 0.258 e. The van der Waals surface area contributed by atoms with Gasteiger partial charge in [0.15, 0.2) is 16.6 Å². The lowest BCUT2D eigenvalue weighted by Crippen LogP contribution is -2.46. The predicted molar refractivity (Wildman–Crippen MR) is 142 cm³/mol. The minimum Gasteiger partial charge on any atom is -0.454 e. The first kappa shape index (κ1) is 22.3. The van der Waals surface area contributed by atoms with Crippen LogP contribution in [0.2, 0.25) is 0 Å². The smallest absolute Gasteiger partial charge is 0.258 e.